The van der Waals surface area contributed by atoms with Gasteiger partial charge in [0.1, 0.15) is 5.84 Å². The monoisotopic (exact) mass is 236 g/mol. The molecule has 0 unspecified atom stereocenters. The lowest BCUT2D eigenvalue weighted by atomic mass is 10.1. The molecule has 18 heavy (non-hydrogen) atoms. The lowest BCUT2D eigenvalue weighted by molar-refractivity contribution is 1.02. The highest BCUT2D eigenvalue weighted by Crippen LogP contribution is 2.24. The normalized spacial score (nSPS) is 14.7. The molecular weight excluding hydrogens is 220 g/mol. The van der Waals surface area contributed by atoms with E-state index in [4.69, 9.17) is 0 Å². The van der Waals surface area contributed by atoms with Crippen molar-refractivity contribution >= 4 is 11.5 Å². The van der Waals surface area contributed by atoms with Crippen LogP contribution in [-0.4, -0.2) is 18.9 Å². The third-order valence-electron chi connectivity index (χ3n) is 3.28. The third-order valence-corrected chi connectivity index (χ3v) is 3.28. The number of nitrogens with zero attached hydrogens (tertiary/aromatic N) is 2. The molecular formula is C16H16N2. The first-order valence-corrected chi connectivity index (χ1v) is 6.29. The van der Waals surface area contributed by atoms with Gasteiger partial charge in [-0.05, 0) is 18.6 Å². The summed E-state index contributed by atoms with van der Waals surface area (Å²) in [7, 11) is 0. The Morgan fingerprint density at radius 1 is 0.944 bits per heavy atom. The fraction of sp³-hybridized carbons (Fsp3) is 0.188. The molecule has 1 heterocycles. The van der Waals surface area contributed by atoms with Gasteiger partial charge in [-0.1, -0.05) is 48.5 Å². The Morgan fingerprint density at radius 2 is 1.67 bits per heavy atom. The van der Waals surface area contributed by atoms with E-state index in [1.54, 1.807) is 0 Å². The molecule has 0 N–H and O–H groups in total. The molecule has 0 aromatic heterocycles. The van der Waals surface area contributed by atoms with Crippen molar-refractivity contribution in [1.82, 2.24) is 0 Å². The zero-order chi connectivity index (χ0) is 12.4. The standard InChI is InChI=1S/C16H16N2/c1-13-7-5-6-10-15(13)18-12-11-17-16(18)14-8-3-2-4-9-14/h2-10H,11-12H2,1H3. The molecule has 90 valence electrons. The summed E-state index contributed by atoms with van der Waals surface area (Å²) < 4.78 is 0. The van der Waals surface area contributed by atoms with Gasteiger partial charge < -0.3 is 4.90 Å². The number of amidine groups is 1. The fourth-order valence-electron chi connectivity index (χ4n) is 2.38. The number of hydrogen-bond donors (Lipinski definition) is 0. The predicted molar refractivity (Wildman–Crippen MR) is 76.4 cm³/mol. The van der Waals surface area contributed by atoms with Gasteiger partial charge in [0, 0.05) is 17.8 Å². The van der Waals surface area contributed by atoms with Crippen LogP contribution < -0.4 is 4.90 Å². The average molecular weight is 236 g/mol. The second-order valence-electron chi connectivity index (χ2n) is 4.51. The highest BCUT2D eigenvalue weighted by Gasteiger charge is 2.20. The van der Waals surface area contributed by atoms with Crippen LogP contribution in [0.4, 0.5) is 5.69 Å². The molecule has 0 atom stereocenters. The highest BCUT2D eigenvalue weighted by molar-refractivity contribution is 6.11. The Bertz CT molecular complexity index is 573. The van der Waals surface area contributed by atoms with Crippen molar-refractivity contribution in [3.05, 3.63) is 65.7 Å². The zero-order valence-corrected chi connectivity index (χ0v) is 10.5. The largest absolute Gasteiger partial charge is 0.324 e. The molecule has 0 spiro atoms. The Morgan fingerprint density at radius 3 is 2.44 bits per heavy atom. The topological polar surface area (TPSA) is 15.6 Å². The van der Waals surface area contributed by atoms with Crippen molar-refractivity contribution in [2.75, 3.05) is 18.0 Å². The van der Waals surface area contributed by atoms with Gasteiger partial charge in [0.2, 0.25) is 0 Å². The summed E-state index contributed by atoms with van der Waals surface area (Å²) in [5, 5.41) is 0. The molecule has 0 radical (unpaired) electrons. The molecule has 0 saturated heterocycles. The van der Waals surface area contributed by atoms with Crippen LogP contribution in [0, 0.1) is 6.92 Å². The van der Waals surface area contributed by atoms with E-state index < -0.39 is 0 Å². The first-order chi connectivity index (χ1) is 8.86. The summed E-state index contributed by atoms with van der Waals surface area (Å²) in [5.74, 6) is 1.09. The third kappa shape index (κ3) is 1.90. The van der Waals surface area contributed by atoms with E-state index in [1.165, 1.54) is 16.8 Å². The minimum atomic E-state index is 0.874. The van der Waals surface area contributed by atoms with E-state index in [9.17, 15) is 0 Å². The Kier molecular flexibility index (Phi) is 2.85. The van der Waals surface area contributed by atoms with Crippen molar-refractivity contribution in [1.29, 1.82) is 0 Å². The van der Waals surface area contributed by atoms with Crippen LogP contribution in [0.5, 0.6) is 0 Å². The second kappa shape index (κ2) is 4.65. The quantitative estimate of drug-likeness (QED) is 0.781. The van der Waals surface area contributed by atoms with Crippen LogP contribution >= 0.6 is 0 Å². The minimum Gasteiger partial charge on any atom is -0.324 e. The zero-order valence-electron chi connectivity index (χ0n) is 10.5. The number of aliphatic imine (C=N–C) groups is 1. The fourth-order valence-corrected chi connectivity index (χ4v) is 2.38. The van der Waals surface area contributed by atoms with Crippen LogP contribution in [0.25, 0.3) is 0 Å². The smallest absolute Gasteiger partial charge is 0.135 e. The Hall–Kier alpha value is -2.09. The summed E-state index contributed by atoms with van der Waals surface area (Å²) in [6.45, 7) is 3.99. The number of rotatable bonds is 2. The van der Waals surface area contributed by atoms with Crippen LogP contribution in [-0.2, 0) is 0 Å². The van der Waals surface area contributed by atoms with E-state index in [0.29, 0.717) is 0 Å². The summed E-state index contributed by atoms with van der Waals surface area (Å²) in [4.78, 5) is 6.96. The van der Waals surface area contributed by atoms with E-state index in [1.807, 2.05) is 6.07 Å². The summed E-state index contributed by atoms with van der Waals surface area (Å²) in [6.07, 6.45) is 0. The van der Waals surface area contributed by atoms with Gasteiger partial charge >= 0.3 is 0 Å². The minimum absolute atomic E-state index is 0.874. The second-order valence-corrected chi connectivity index (χ2v) is 4.51. The lowest BCUT2D eigenvalue weighted by Crippen LogP contribution is -2.28. The predicted octanol–water partition coefficient (Wildman–Crippen LogP) is 3.26. The summed E-state index contributed by atoms with van der Waals surface area (Å²) in [6, 6.07) is 18.9. The van der Waals surface area contributed by atoms with E-state index in [0.717, 1.165) is 18.9 Å². The SMILES string of the molecule is Cc1ccccc1N1CCN=C1c1ccccc1. The molecule has 0 fully saturated rings. The van der Waals surface area contributed by atoms with Gasteiger partial charge in [-0.3, -0.25) is 4.99 Å². The Balaban J connectivity index is 2.00. The number of para-hydroxylation sites is 1. The Labute approximate surface area is 108 Å². The highest BCUT2D eigenvalue weighted by atomic mass is 15.2. The molecule has 1 aliphatic rings. The number of aryl methyl sites for hydroxylation is 1. The van der Waals surface area contributed by atoms with Gasteiger partial charge in [0.15, 0.2) is 0 Å². The molecule has 0 saturated carbocycles. The van der Waals surface area contributed by atoms with Crippen LogP contribution in [0.1, 0.15) is 11.1 Å². The average Bonchev–Trinajstić information content (AvgIpc) is 2.89. The van der Waals surface area contributed by atoms with Gasteiger partial charge in [-0.2, -0.15) is 0 Å². The first kappa shape index (κ1) is 11.0. The summed E-state index contributed by atoms with van der Waals surface area (Å²) in [5.41, 5.74) is 3.75. The molecule has 2 heteroatoms. The van der Waals surface area contributed by atoms with Crippen LogP contribution in [0.3, 0.4) is 0 Å². The molecule has 0 aliphatic carbocycles. The molecule has 2 nitrogen and oxygen atoms in total. The van der Waals surface area contributed by atoms with Crippen molar-refractivity contribution in [3.63, 3.8) is 0 Å². The molecule has 3 rings (SSSR count). The maximum Gasteiger partial charge on any atom is 0.135 e. The van der Waals surface area contributed by atoms with Crippen molar-refractivity contribution < 1.29 is 0 Å². The van der Waals surface area contributed by atoms with Crippen LogP contribution in [0.15, 0.2) is 59.6 Å². The van der Waals surface area contributed by atoms with Crippen molar-refractivity contribution in [2.45, 2.75) is 6.92 Å². The first-order valence-electron chi connectivity index (χ1n) is 6.29. The number of benzene rings is 2. The van der Waals surface area contributed by atoms with E-state index in [-0.39, 0.29) is 0 Å². The van der Waals surface area contributed by atoms with Gasteiger partial charge in [0.25, 0.3) is 0 Å². The van der Waals surface area contributed by atoms with Crippen molar-refractivity contribution in [3.8, 4) is 0 Å². The number of hydrogen-bond acceptors (Lipinski definition) is 2. The molecule has 0 bridgehead atoms. The van der Waals surface area contributed by atoms with Gasteiger partial charge in [-0.15, -0.1) is 0 Å². The lowest BCUT2D eigenvalue weighted by Gasteiger charge is -2.22. The van der Waals surface area contributed by atoms with Gasteiger partial charge in [-0.25, -0.2) is 0 Å². The van der Waals surface area contributed by atoms with Gasteiger partial charge in [0.05, 0.1) is 6.54 Å². The maximum absolute atomic E-state index is 4.65. The maximum atomic E-state index is 4.65. The van der Waals surface area contributed by atoms with Crippen molar-refractivity contribution in [2.24, 2.45) is 4.99 Å². The molecule has 2 aromatic carbocycles. The number of anilines is 1. The molecule has 2 aromatic rings. The summed E-state index contributed by atoms with van der Waals surface area (Å²) >= 11 is 0. The van der Waals surface area contributed by atoms with Crippen LogP contribution in [0.2, 0.25) is 0 Å². The van der Waals surface area contributed by atoms with E-state index in [2.05, 4.69) is 65.3 Å². The molecule has 0 amide bonds. The molecule has 1 aliphatic heterocycles. The van der Waals surface area contributed by atoms with E-state index >= 15 is 0 Å².